The maximum absolute atomic E-state index is 4.39. The second-order valence-electron chi connectivity index (χ2n) is 24.8. The van der Waals surface area contributed by atoms with Gasteiger partial charge in [-0.15, -0.1) is 11.3 Å². The molecular weight excluding hydrogens is 828 g/mol. The van der Waals surface area contributed by atoms with Crippen molar-refractivity contribution in [2.24, 2.45) is 34.0 Å². The van der Waals surface area contributed by atoms with Crippen LogP contribution in [0.3, 0.4) is 0 Å². The first-order chi connectivity index (χ1) is 31.5. The molecule has 1 saturated carbocycles. The molecule has 2 nitrogen and oxygen atoms in total. The first-order valence-corrected chi connectivity index (χ1v) is 27.3. The number of thiophene rings is 1. The largest absolute Gasteiger partial charge is 0.368 e. The molecule has 0 saturated heterocycles. The molecule has 1 aromatic heterocycles. The third-order valence-corrected chi connectivity index (χ3v) is 17.9. The molecular formula is C63H91BN2S. The third-order valence-electron chi connectivity index (χ3n) is 16.7. The lowest BCUT2D eigenvalue weighted by Crippen LogP contribution is -2.44. The minimum Gasteiger partial charge on any atom is -0.368 e. The van der Waals surface area contributed by atoms with Crippen molar-refractivity contribution >= 4 is 44.3 Å². The van der Waals surface area contributed by atoms with Gasteiger partial charge in [-0.25, -0.2) is 0 Å². The summed E-state index contributed by atoms with van der Waals surface area (Å²) in [5.41, 5.74) is 11.6. The predicted octanol–water partition coefficient (Wildman–Crippen LogP) is 18.5. The quantitative estimate of drug-likeness (QED) is 0.0825. The third kappa shape index (κ3) is 11.5. The number of fused-ring (bicyclic) bond motifs is 4. The van der Waals surface area contributed by atoms with Gasteiger partial charge in [0.15, 0.2) is 0 Å². The van der Waals surface area contributed by atoms with Crippen LogP contribution in [0.1, 0.15) is 198 Å². The van der Waals surface area contributed by atoms with Gasteiger partial charge < -0.3 is 10.2 Å². The molecule has 362 valence electrons. The molecule has 3 aliphatic rings. The Hall–Kier alpha value is -3.76. The van der Waals surface area contributed by atoms with Crippen LogP contribution in [0, 0.1) is 34.0 Å². The van der Waals surface area contributed by atoms with E-state index in [1.165, 1.54) is 117 Å². The van der Waals surface area contributed by atoms with Crippen LogP contribution in [0.5, 0.6) is 0 Å². The van der Waals surface area contributed by atoms with Gasteiger partial charge in [0.05, 0.1) is 5.69 Å². The van der Waals surface area contributed by atoms with Crippen LogP contribution < -0.4 is 15.0 Å². The van der Waals surface area contributed by atoms with Crippen molar-refractivity contribution in [2.45, 2.75) is 192 Å². The minimum absolute atomic E-state index is 0.0185. The van der Waals surface area contributed by atoms with Gasteiger partial charge in [0.25, 0.3) is 6.71 Å². The zero-order chi connectivity index (χ0) is 49.1. The van der Waals surface area contributed by atoms with E-state index in [1.54, 1.807) is 0 Å². The summed E-state index contributed by atoms with van der Waals surface area (Å²) in [6, 6.07) is 14.8. The zero-order valence-corrected chi connectivity index (χ0v) is 46.1. The maximum atomic E-state index is 4.39. The van der Waals surface area contributed by atoms with Crippen molar-refractivity contribution in [3.63, 3.8) is 0 Å². The lowest BCUT2D eigenvalue weighted by Gasteiger charge is -2.50. The summed E-state index contributed by atoms with van der Waals surface area (Å²) in [4.78, 5) is 2.60. The number of unbranched alkanes of at least 4 members (excludes halogenated alkanes) is 1. The molecule has 3 aromatic rings. The van der Waals surface area contributed by atoms with Gasteiger partial charge in [-0.1, -0.05) is 183 Å². The van der Waals surface area contributed by atoms with E-state index in [0.29, 0.717) is 23.7 Å². The van der Waals surface area contributed by atoms with E-state index in [-0.39, 0.29) is 33.8 Å². The molecule has 3 atom stereocenters. The number of hydrogen-bond donors (Lipinski definition) is 1. The summed E-state index contributed by atoms with van der Waals surface area (Å²) in [5, 5.41) is 5.23. The predicted molar refractivity (Wildman–Crippen MR) is 302 cm³/mol. The summed E-state index contributed by atoms with van der Waals surface area (Å²) in [7, 11) is 0. The molecule has 2 aromatic carbocycles. The Morgan fingerprint density at radius 1 is 0.881 bits per heavy atom. The maximum Gasteiger partial charge on any atom is 0.260 e. The van der Waals surface area contributed by atoms with Crippen molar-refractivity contribution in [2.75, 3.05) is 4.90 Å². The number of hydrogen-bond acceptors (Lipinski definition) is 3. The van der Waals surface area contributed by atoms with Crippen molar-refractivity contribution in [1.82, 2.24) is 5.32 Å². The molecule has 0 radical (unpaired) electrons. The average Bonchev–Trinajstić information content (AvgIpc) is 3.64. The normalized spacial score (nSPS) is 23.3. The standard InChI is InChI=1S/C63H91BN2S/c1-18-22-34-59(8,9)35-23-26-47(21-4)64-54(43-65-40-33-51-50(24-19-2)60(10,11)36-37-61(51,12)13)55(25-20-3)66(48-31-29-46(30-32-48)45(7)28-27-44(5)6)57-49-41-52-53(42-56(49)67-58(57)64)63(16,17)39-38-62(52,14)15/h19-21,23-26,29-33,40-45,50-51,65H,3,18,22,27-28,34-39H2,1-2,4-17H3/b24-19+,26-23-,40-33+,47-21+,54-43-,55-25+. The Labute approximate surface area is 415 Å². The molecule has 1 N–H and O–H groups in total. The van der Waals surface area contributed by atoms with Gasteiger partial charge in [0, 0.05) is 26.2 Å². The van der Waals surface area contributed by atoms with E-state index in [4.69, 9.17) is 0 Å². The lowest BCUT2D eigenvalue weighted by molar-refractivity contribution is 0.0342. The Morgan fingerprint density at radius 2 is 1.51 bits per heavy atom. The number of nitrogens with one attached hydrogen (secondary N) is 1. The smallest absolute Gasteiger partial charge is 0.260 e. The summed E-state index contributed by atoms with van der Waals surface area (Å²) in [6.07, 6.45) is 35.5. The van der Waals surface area contributed by atoms with E-state index in [9.17, 15) is 0 Å². The van der Waals surface area contributed by atoms with E-state index in [2.05, 4.69) is 219 Å². The van der Waals surface area contributed by atoms with Gasteiger partial charge in [0.1, 0.15) is 0 Å². The highest BCUT2D eigenvalue weighted by molar-refractivity contribution is 7.32. The molecule has 67 heavy (non-hydrogen) atoms. The Kier molecular flexibility index (Phi) is 16.6. The summed E-state index contributed by atoms with van der Waals surface area (Å²) >= 11 is 2.02. The number of anilines is 2. The highest BCUT2D eigenvalue weighted by Gasteiger charge is 2.46. The van der Waals surface area contributed by atoms with Crippen LogP contribution in [0.2, 0.25) is 0 Å². The number of nitrogens with zero attached hydrogens (tertiary/aromatic N) is 1. The minimum atomic E-state index is 0.0185. The molecule has 2 aliphatic carbocycles. The van der Waals surface area contributed by atoms with Gasteiger partial charge in [-0.3, -0.25) is 0 Å². The van der Waals surface area contributed by atoms with Crippen molar-refractivity contribution in [3.05, 3.63) is 137 Å². The zero-order valence-electron chi connectivity index (χ0n) is 45.3. The summed E-state index contributed by atoms with van der Waals surface area (Å²) in [5.74, 6) is 2.10. The van der Waals surface area contributed by atoms with Crippen molar-refractivity contribution < 1.29 is 0 Å². The van der Waals surface area contributed by atoms with Crippen molar-refractivity contribution in [3.8, 4) is 0 Å². The first-order valence-electron chi connectivity index (χ1n) is 26.5. The first kappa shape index (κ1) is 52.6. The molecule has 0 spiro atoms. The fourth-order valence-corrected chi connectivity index (χ4v) is 13.1. The van der Waals surface area contributed by atoms with E-state index < -0.39 is 0 Å². The van der Waals surface area contributed by atoms with Crippen LogP contribution in [-0.2, 0) is 10.8 Å². The highest BCUT2D eigenvalue weighted by Crippen LogP contribution is 2.54. The molecule has 1 aliphatic heterocycles. The van der Waals surface area contributed by atoms with E-state index in [0.717, 1.165) is 6.42 Å². The summed E-state index contributed by atoms with van der Waals surface area (Å²) < 4.78 is 2.79. The monoisotopic (exact) mass is 919 g/mol. The van der Waals surface area contributed by atoms with Gasteiger partial charge in [-0.2, -0.15) is 0 Å². The van der Waals surface area contributed by atoms with Gasteiger partial charge in [0.2, 0.25) is 0 Å². The number of rotatable bonds is 17. The molecule has 6 rings (SSSR count). The Bertz CT molecular complexity index is 2380. The number of allylic oxidation sites excluding steroid dienone is 10. The fraction of sp³-hybridized carbons (Fsp3) is 0.556. The molecule has 1 fully saturated rings. The number of benzene rings is 2. The summed E-state index contributed by atoms with van der Waals surface area (Å²) in [6.45, 7) is 42.8. The molecule has 3 unspecified atom stereocenters. The van der Waals surface area contributed by atoms with Gasteiger partial charge >= 0.3 is 0 Å². The van der Waals surface area contributed by atoms with Crippen LogP contribution in [0.4, 0.5) is 11.4 Å². The van der Waals surface area contributed by atoms with Gasteiger partial charge in [-0.05, 0) is 174 Å². The fourth-order valence-electron chi connectivity index (χ4n) is 11.7. The topological polar surface area (TPSA) is 15.3 Å². The lowest BCUT2D eigenvalue weighted by atomic mass is 9.36. The van der Waals surface area contributed by atoms with E-state index in [1.807, 2.05) is 17.4 Å². The van der Waals surface area contributed by atoms with Crippen molar-refractivity contribution in [1.29, 1.82) is 0 Å². The average molecular weight is 919 g/mol. The van der Waals surface area contributed by atoms with Crippen LogP contribution in [0.25, 0.3) is 10.1 Å². The van der Waals surface area contributed by atoms with Crippen LogP contribution >= 0.6 is 11.3 Å². The Morgan fingerprint density at radius 3 is 2.09 bits per heavy atom. The molecule has 4 heteroatoms. The van der Waals surface area contributed by atoms with E-state index >= 15 is 0 Å². The molecule has 0 amide bonds. The molecule has 2 heterocycles. The van der Waals surface area contributed by atoms with Crippen LogP contribution in [-0.4, -0.2) is 6.71 Å². The SMILES string of the molecule is C=C/C=C1\C(=C\N/C=C/C2C(/C=C/C)C(C)(C)CCC2(C)C)B(C(/C=C\CC(C)(C)CCCC)=C/C)c2sc3cc4c(cc3c2N1c1ccc(C(C)CCC(C)C)cc1)C(C)(C)CCC4(C)C. The van der Waals surface area contributed by atoms with Crippen LogP contribution in [0.15, 0.2) is 121 Å². The second kappa shape index (κ2) is 21.1. The molecule has 0 bridgehead atoms. The second-order valence-corrected chi connectivity index (χ2v) is 25.9. The highest BCUT2D eigenvalue weighted by atomic mass is 32.1. The Balaban J connectivity index is 1.61.